The number of amides is 2. The third kappa shape index (κ3) is 8.29. The standard InChI is InChI=1S/C25H41N5O4S2/c1-6-8-16-22(31)26-24-27-30(23(32)17-9-7-2)25(35-24,21-14-11-10-12-15-21)20-29(5)36(33,34)19-13-18-28(3)4/h10-12,14-15H,6-9,13,16-20H2,1-5H3,(H,26,27,31). The average molecular weight is 540 g/mol. The summed E-state index contributed by atoms with van der Waals surface area (Å²) in [5.41, 5.74) is 0.747. The highest BCUT2D eigenvalue weighted by molar-refractivity contribution is 8.14. The summed E-state index contributed by atoms with van der Waals surface area (Å²) in [6, 6.07) is 9.33. The van der Waals surface area contributed by atoms with Gasteiger partial charge in [0.15, 0.2) is 10.0 Å². The molecule has 2 amide bonds. The minimum atomic E-state index is -3.59. The Balaban J connectivity index is 2.43. The van der Waals surface area contributed by atoms with E-state index in [1.54, 1.807) is 7.05 Å². The van der Waals surface area contributed by atoms with Crippen LogP contribution in [0.25, 0.3) is 0 Å². The molecule has 1 aromatic rings. The molecule has 0 bridgehead atoms. The Hall–Kier alpha value is -1.95. The SMILES string of the molecule is CCCCC(=O)NC1=NN(C(=O)CCCC)C(CN(C)S(=O)(=O)CCCN(C)C)(c2ccccc2)S1. The van der Waals surface area contributed by atoms with Gasteiger partial charge in [-0.2, -0.15) is 0 Å². The number of unbranched alkanes of at least 4 members (excludes halogenated alkanes) is 2. The van der Waals surface area contributed by atoms with E-state index >= 15 is 0 Å². The van der Waals surface area contributed by atoms with Crippen LogP contribution in [-0.2, 0) is 24.5 Å². The largest absolute Gasteiger partial charge is 0.309 e. The fourth-order valence-electron chi connectivity index (χ4n) is 3.85. The summed E-state index contributed by atoms with van der Waals surface area (Å²) in [6.07, 6.45) is 4.32. The molecule has 202 valence electrons. The molecule has 1 aliphatic heterocycles. The van der Waals surface area contributed by atoms with Crippen molar-refractivity contribution >= 4 is 38.8 Å². The van der Waals surface area contributed by atoms with Crippen LogP contribution in [0.2, 0.25) is 0 Å². The van der Waals surface area contributed by atoms with Gasteiger partial charge in [-0.05, 0) is 57.2 Å². The smallest absolute Gasteiger partial charge is 0.244 e. The van der Waals surface area contributed by atoms with Gasteiger partial charge in [-0.25, -0.2) is 17.7 Å². The van der Waals surface area contributed by atoms with Gasteiger partial charge in [-0.15, -0.1) is 5.10 Å². The molecule has 1 unspecified atom stereocenters. The van der Waals surface area contributed by atoms with E-state index in [4.69, 9.17) is 0 Å². The van der Waals surface area contributed by atoms with Crippen LogP contribution < -0.4 is 5.32 Å². The lowest BCUT2D eigenvalue weighted by molar-refractivity contribution is -0.135. The van der Waals surface area contributed by atoms with Crippen LogP contribution in [0.5, 0.6) is 0 Å². The maximum atomic E-state index is 13.4. The first-order valence-electron chi connectivity index (χ1n) is 12.6. The highest BCUT2D eigenvalue weighted by Gasteiger charge is 2.50. The number of carbonyl (C=O) groups excluding carboxylic acids is 2. The number of benzene rings is 1. The summed E-state index contributed by atoms with van der Waals surface area (Å²) >= 11 is 1.22. The number of rotatable bonds is 14. The van der Waals surface area contributed by atoms with E-state index < -0.39 is 14.9 Å². The molecule has 0 spiro atoms. The van der Waals surface area contributed by atoms with Gasteiger partial charge in [-0.1, -0.05) is 57.0 Å². The van der Waals surface area contributed by atoms with Crippen LogP contribution in [-0.4, -0.2) is 79.6 Å². The number of sulfonamides is 1. The number of likely N-dealkylation sites (N-methyl/N-ethyl adjacent to an activating group) is 1. The number of carbonyl (C=O) groups is 2. The normalized spacial score (nSPS) is 18.1. The minimum absolute atomic E-state index is 0.00166. The number of nitrogens with one attached hydrogen (secondary N) is 1. The van der Waals surface area contributed by atoms with E-state index in [1.165, 1.54) is 21.1 Å². The summed E-state index contributed by atoms with van der Waals surface area (Å²) in [5, 5.41) is 9.09. The molecule has 1 aromatic carbocycles. The Morgan fingerprint density at radius 1 is 1.03 bits per heavy atom. The Labute approximate surface area is 220 Å². The van der Waals surface area contributed by atoms with E-state index in [9.17, 15) is 18.0 Å². The number of amidine groups is 1. The van der Waals surface area contributed by atoms with E-state index in [2.05, 4.69) is 10.4 Å². The van der Waals surface area contributed by atoms with Crippen molar-refractivity contribution < 1.29 is 18.0 Å². The quantitative estimate of drug-likeness (QED) is 0.389. The van der Waals surface area contributed by atoms with Crippen LogP contribution in [0, 0.1) is 0 Å². The van der Waals surface area contributed by atoms with Crippen LogP contribution in [0.3, 0.4) is 0 Å². The number of nitrogens with zero attached hydrogens (tertiary/aromatic N) is 4. The number of hydrogen-bond donors (Lipinski definition) is 1. The number of hydrogen-bond acceptors (Lipinski definition) is 7. The highest BCUT2D eigenvalue weighted by atomic mass is 32.2. The topological polar surface area (TPSA) is 102 Å². The first kappa shape index (κ1) is 30.3. The highest BCUT2D eigenvalue weighted by Crippen LogP contribution is 2.46. The fraction of sp³-hybridized carbons (Fsp3) is 0.640. The average Bonchev–Trinajstić information content (AvgIpc) is 3.20. The molecule has 0 saturated heterocycles. The summed E-state index contributed by atoms with van der Waals surface area (Å²) in [5.74, 6) is -0.371. The molecule has 0 aliphatic carbocycles. The first-order valence-corrected chi connectivity index (χ1v) is 15.0. The molecule has 0 fully saturated rings. The van der Waals surface area contributed by atoms with Crippen molar-refractivity contribution in [2.24, 2.45) is 5.10 Å². The van der Waals surface area contributed by atoms with Gasteiger partial charge >= 0.3 is 0 Å². The Morgan fingerprint density at radius 3 is 2.28 bits per heavy atom. The van der Waals surface area contributed by atoms with E-state index in [1.807, 2.05) is 63.2 Å². The van der Waals surface area contributed by atoms with Gasteiger partial charge in [0.2, 0.25) is 21.8 Å². The van der Waals surface area contributed by atoms with Gasteiger partial charge in [0.1, 0.15) is 0 Å². The van der Waals surface area contributed by atoms with Crippen molar-refractivity contribution in [3.8, 4) is 0 Å². The Bertz CT molecular complexity index is 1000. The van der Waals surface area contributed by atoms with Crippen molar-refractivity contribution in [1.29, 1.82) is 0 Å². The lowest BCUT2D eigenvalue weighted by atomic mass is 10.0. The maximum absolute atomic E-state index is 13.4. The second-order valence-corrected chi connectivity index (χ2v) is 12.8. The molecular formula is C25H41N5O4S2. The minimum Gasteiger partial charge on any atom is -0.309 e. The second-order valence-electron chi connectivity index (χ2n) is 9.35. The van der Waals surface area contributed by atoms with Crippen LogP contribution >= 0.6 is 11.8 Å². The molecule has 9 nitrogen and oxygen atoms in total. The predicted octanol–water partition coefficient (Wildman–Crippen LogP) is 3.40. The van der Waals surface area contributed by atoms with Gasteiger partial charge in [0.25, 0.3) is 0 Å². The zero-order valence-corrected chi connectivity index (χ0v) is 23.8. The van der Waals surface area contributed by atoms with Crippen molar-refractivity contribution in [3.05, 3.63) is 35.9 Å². The van der Waals surface area contributed by atoms with E-state index in [-0.39, 0.29) is 30.5 Å². The van der Waals surface area contributed by atoms with Gasteiger partial charge in [-0.3, -0.25) is 9.59 Å². The van der Waals surface area contributed by atoms with E-state index in [0.717, 1.165) is 24.8 Å². The van der Waals surface area contributed by atoms with Gasteiger partial charge < -0.3 is 10.2 Å². The van der Waals surface area contributed by atoms with Crippen LogP contribution in [0.4, 0.5) is 0 Å². The molecule has 1 heterocycles. The summed E-state index contributed by atoms with van der Waals surface area (Å²) in [7, 11) is 1.77. The lowest BCUT2D eigenvalue weighted by Gasteiger charge is -2.38. The van der Waals surface area contributed by atoms with Crippen molar-refractivity contribution in [1.82, 2.24) is 19.5 Å². The Kier molecular flexibility index (Phi) is 11.9. The zero-order chi connectivity index (χ0) is 26.8. The second kappa shape index (κ2) is 14.1. The molecule has 1 atom stereocenters. The molecule has 2 rings (SSSR count). The molecule has 1 N–H and O–H groups in total. The third-order valence-corrected chi connectivity index (χ3v) is 9.06. The third-order valence-electron chi connectivity index (χ3n) is 5.93. The van der Waals surface area contributed by atoms with E-state index in [0.29, 0.717) is 31.0 Å². The molecule has 0 saturated carbocycles. The van der Waals surface area contributed by atoms with Crippen molar-refractivity contribution in [2.45, 2.75) is 63.7 Å². The number of thioether (sulfide) groups is 1. The fourth-order valence-corrected chi connectivity index (χ4v) is 6.46. The van der Waals surface area contributed by atoms with Crippen molar-refractivity contribution in [2.75, 3.05) is 40.0 Å². The monoisotopic (exact) mass is 539 g/mol. The maximum Gasteiger partial charge on any atom is 0.244 e. The van der Waals surface area contributed by atoms with Gasteiger partial charge in [0.05, 0.1) is 12.3 Å². The predicted molar refractivity (Wildman–Crippen MR) is 147 cm³/mol. The number of hydrazone groups is 1. The first-order chi connectivity index (χ1) is 17.1. The molecule has 0 aromatic heterocycles. The summed E-state index contributed by atoms with van der Waals surface area (Å²) < 4.78 is 27.7. The molecule has 1 aliphatic rings. The summed E-state index contributed by atoms with van der Waals surface area (Å²) in [6.45, 7) is 4.68. The molecule has 11 heteroatoms. The Morgan fingerprint density at radius 2 is 1.67 bits per heavy atom. The van der Waals surface area contributed by atoms with Crippen molar-refractivity contribution in [3.63, 3.8) is 0 Å². The summed E-state index contributed by atoms with van der Waals surface area (Å²) in [4.78, 5) is 26.7. The van der Waals surface area contributed by atoms with Crippen LogP contribution in [0.1, 0.15) is 64.4 Å². The molecule has 0 radical (unpaired) electrons. The molecule has 36 heavy (non-hydrogen) atoms. The molecular weight excluding hydrogens is 498 g/mol. The van der Waals surface area contributed by atoms with Crippen LogP contribution in [0.15, 0.2) is 35.4 Å². The van der Waals surface area contributed by atoms with Gasteiger partial charge in [0, 0.05) is 19.9 Å². The zero-order valence-electron chi connectivity index (χ0n) is 22.2. The lowest BCUT2D eigenvalue weighted by Crippen LogP contribution is -2.50.